The molecule has 142 valence electrons. The van der Waals surface area contributed by atoms with Crippen LogP contribution in [0.2, 0.25) is 0 Å². The minimum Gasteiger partial charge on any atom is -0.271 e. The van der Waals surface area contributed by atoms with Gasteiger partial charge in [-0.15, -0.1) is 0 Å². The van der Waals surface area contributed by atoms with Crippen molar-refractivity contribution < 1.29 is 17.6 Å². The number of carbonyl (C=O) groups is 1. The van der Waals surface area contributed by atoms with E-state index in [1.807, 2.05) is 0 Å². The Morgan fingerprint density at radius 3 is 2.33 bits per heavy atom. The van der Waals surface area contributed by atoms with Gasteiger partial charge in [-0.05, 0) is 49.9 Å². The first-order valence-electron chi connectivity index (χ1n) is 8.65. The third kappa shape index (κ3) is 4.51. The predicted molar refractivity (Wildman–Crippen MR) is 101 cm³/mol. The zero-order valence-corrected chi connectivity index (χ0v) is 15.5. The van der Waals surface area contributed by atoms with Gasteiger partial charge >= 0.3 is 0 Å². The molecule has 1 aliphatic rings. The summed E-state index contributed by atoms with van der Waals surface area (Å²) >= 11 is 0. The molecule has 27 heavy (non-hydrogen) atoms. The number of hydrogen-bond acceptors (Lipinski definition) is 4. The molecular weight excluding hydrogens is 369 g/mol. The summed E-state index contributed by atoms with van der Waals surface area (Å²) in [7, 11) is -4.12. The fourth-order valence-corrected chi connectivity index (χ4v) is 4.33. The molecule has 8 heteroatoms. The molecule has 0 radical (unpaired) electrons. The quantitative estimate of drug-likeness (QED) is 0.771. The second-order valence-corrected chi connectivity index (χ2v) is 8.06. The first-order chi connectivity index (χ1) is 13.0. The number of halogens is 1. The summed E-state index contributed by atoms with van der Waals surface area (Å²) in [6.45, 7) is -0.574. The van der Waals surface area contributed by atoms with E-state index in [9.17, 15) is 17.6 Å². The van der Waals surface area contributed by atoms with Crippen LogP contribution in [-0.4, -0.2) is 26.6 Å². The molecule has 0 unspecified atom stereocenters. The number of rotatable bonds is 6. The van der Waals surface area contributed by atoms with Crippen LogP contribution >= 0.6 is 0 Å². The Morgan fingerprint density at radius 2 is 1.67 bits per heavy atom. The SMILES string of the molecule is O=C(CN(c1ccccc1F)S(=O)(=O)c1ccccc1)NN=C1CCCC1. The lowest BCUT2D eigenvalue weighted by Gasteiger charge is -2.24. The number of amides is 1. The molecule has 0 spiro atoms. The van der Waals surface area contributed by atoms with Gasteiger partial charge in [-0.3, -0.25) is 9.10 Å². The van der Waals surface area contributed by atoms with Crippen molar-refractivity contribution in [2.45, 2.75) is 30.6 Å². The normalized spacial score (nSPS) is 14.0. The number of anilines is 1. The summed E-state index contributed by atoms with van der Waals surface area (Å²) in [5.41, 5.74) is 3.08. The molecule has 0 atom stereocenters. The third-order valence-electron chi connectivity index (χ3n) is 4.26. The van der Waals surface area contributed by atoms with Gasteiger partial charge in [-0.1, -0.05) is 30.3 Å². The van der Waals surface area contributed by atoms with E-state index in [1.165, 1.54) is 30.3 Å². The lowest BCUT2D eigenvalue weighted by Crippen LogP contribution is -2.40. The van der Waals surface area contributed by atoms with E-state index in [1.54, 1.807) is 18.2 Å². The maximum atomic E-state index is 14.3. The number of sulfonamides is 1. The molecule has 1 saturated carbocycles. The van der Waals surface area contributed by atoms with Crippen LogP contribution in [0.15, 0.2) is 64.6 Å². The van der Waals surface area contributed by atoms with Crippen LogP contribution in [-0.2, 0) is 14.8 Å². The van der Waals surface area contributed by atoms with Crippen LogP contribution in [0.25, 0.3) is 0 Å². The van der Waals surface area contributed by atoms with Crippen molar-refractivity contribution in [1.82, 2.24) is 5.43 Å². The second-order valence-electron chi connectivity index (χ2n) is 6.20. The van der Waals surface area contributed by atoms with E-state index in [4.69, 9.17) is 0 Å². The van der Waals surface area contributed by atoms with Crippen molar-refractivity contribution in [3.63, 3.8) is 0 Å². The van der Waals surface area contributed by atoms with Crippen LogP contribution in [0.4, 0.5) is 10.1 Å². The monoisotopic (exact) mass is 389 g/mol. The highest BCUT2D eigenvalue weighted by molar-refractivity contribution is 7.92. The third-order valence-corrected chi connectivity index (χ3v) is 6.03. The smallest absolute Gasteiger partial charge is 0.264 e. The van der Waals surface area contributed by atoms with E-state index in [2.05, 4.69) is 10.5 Å². The van der Waals surface area contributed by atoms with Gasteiger partial charge in [-0.2, -0.15) is 5.10 Å². The van der Waals surface area contributed by atoms with Crippen molar-refractivity contribution in [2.75, 3.05) is 10.8 Å². The topological polar surface area (TPSA) is 78.8 Å². The second kappa shape index (κ2) is 8.30. The van der Waals surface area contributed by atoms with E-state index >= 15 is 0 Å². The molecule has 2 aromatic carbocycles. The standard InChI is InChI=1S/C19H20FN3O3S/c20-17-12-6-7-13-18(17)23(27(25,26)16-10-2-1-3-11-16)14-19(24)22-21-15-8-4-5-9-15/h1-3,6-7,10-13H,4-5,8-9,14H2,(H,22,24). The van der Waals surface area contributed by atoms with Gasteiger partial charge in [0.25, 0.3) is 15.9 Å². The number of nitrogens with one attached hydrogen (secondary N) is 1. The predicted octanol–water partition coefficient (Wildman–Crippen LogP) is 3.07. The first-order valence-corrected chi connectivity index (χ1v) is 10.1. The molecule has 0 saturated heterocycles. The van der Waals surface area contributed by atoms with Crippen molar-refractivity contribution in [3.05, 3.63) is 60.4 Å². The Kier molecular flexibility index (Phi) is 5.85. The van der Waals surface area contributed by atoms with Gasteiger partial charge < -0.3 is 0 Å². The number of benzene rings is 2. The summed E-state index contributed by atoms with van der Waals surface area (Å²) in [5, 5.41) is 4.05. The van der Waals surface area contributed by atoms with Crippen molar-refractivity contribution in [2.24, 2.45) is 5.10 Å². The number of hydrazone groups is 1. The molecule has 1 fully saturated rings. The first kappa shape index (κ1) is 19.0. The maximum absolute atomic E-state index is 14.3. The molecule has 1 N–H and O–H groups in total. The fourth-order valence-electron chi connectivity index (χ4n) is 2.88. The molecule has 0 aliphatic heterocycles. The summed E-state index contributed by atoms with van der Waals surface area (Å²) in [6.07, 6.45) is 3.69. The summed E-state index contributed by atoms with van der Waals surface area (Å²) < 4.78 is 41.1. The van der Waals surface area contributed by atoms with Crippen LogP contribution < -0.4 is 9.73 Å². The van der Waals surface area contributed by atoms with Crippen molar-refractivity contribution >= 4 is 27.3 Å². The highest BCUT2D eigenvalue weighted by Gasteiger charge is 2.29. The molecule has 6 nitrogen and oxygen atoms in total. The molecule has 1 amide bonds. The van der Waals surface area contributed by atoms with E-state index in [-0.39, 0.29) is 10.6 Å². The molecule has 0 heterocycles. The van der Waals surface area contributed by atoms with Gasteiger partial charge in [0.1, 0.15) is 12.4 Å². The summed E-state index contributed by atoms with van der Waals surface area (Å²) in [6, 6.07) is 13.1. The molecule has 1 aliphatic carbocycles. The number of para-hydroxylation sites is 1. The van der Waals surface area contributed by atoms with E-state index in [0.717, 1.165) is 41.8 Å². The Hall–Kier alpha value is -2.74. The highest BCUT2D eigenvalue weighted by Crippen LogP contribution is 2.26. The maximum Gasteiger partial charge on any atom is 0.264 e. The zero-order valence-electron chi connectivity index (χ0n) is 14.6. The number of hydrogen-bond donors (Lipinski definition) is 1. The molecular formula is C19H20FN3O3S. The molecule has 2 aromatic rings. The minimum absolute atomic E-state index is 0.0249. The Morgan fingerprint density at radius 1 is 1.04 bits per heavy atom. The van der Waals surface area contributed by atoms with Crippen LogP contribution in [0.1, 0.15) is 25.7 Å². The number of nitrogens with zero attached hydrogens (tertiary/aromatic N) is 2. The van der Waals surface area contributed by atoms with Crippen LogP contribution in [0, 0.1) is 5.82 Å². The minimum atomic E-state index is -4.12. The molecule has 0 bridgehead atoms. The molecule has 3 rings (SSSR count). The van der Waals surface area contributed by atoms with Gasteiger partial charge in [0.05, 0.1) is 10.6 Å². The van der Waals surface area contributed by atoms with Gasteiger partial charge in [0.2, 0.25) is 0 Å². The van der Waals surface area contributed by atoms with Crippen LogP contribution in [0.3, 0.4) is 0 Å². The van der Waals surface area contributed by atoms with Gasteiger partial charge in [0.15, 0.2) is 0 Å². The fraction of sp³-hybridized carbons (Fsp3) is 0.263. The van der Waals surface area contributed by atoms with E-state index in [0.29, 0.717) is 0 Å². The zero-order chi connectivity index (χ0) is 19.3. The Labute approximate surface area is 157 Å². The largest absolute Gasteiger partial charge is 0.271 e. The summed E-state index contributed by atoms with van der Waals surface area (Å²) in [5.74, 6) is -1.36. The van der Waals surface area contributed by atoms with Crippen molar-refractivity contribution in [1.29, 1.82) is 0 Å². The van der Waals surface area contributed by atoms with Gasteiger partial charge in [0, 0.05) is 5.71 Å². The average molecular weight is 389 g/mol. The van der Waals surface area contributed by atoms with Crippen molar-refractivity contribution in [3.8, 4) is 0 Å². The Bertz CT molecular complexity index is 938. The molecule has 0 aromatic heterocycles. The lowest BCUT2D eigenvalue weighted by molar-refractivity contribution is -0.119. The highest BCUT2D eigenvalue weighted by atomic mass is 32.2. The van der Waals surface area contributed by atoms with E-state index < -0.39 is 28.3 Å². The van der Waals surface area contributed by atoms with Gasteiger partial charge in [-0.25, -0.2) is 18.2 Å². The summed E-state index contributed by atoms with van der Waals surface area (Å²) in [4.78, 5) is 12.3. The number of carbonyl (C=O) groups excluding carboxylic acids is 1. The van der Waals surface area contributed by atoms with Crippen LogP contribution in [0.5, 0.6) is 0 Å². The lowest BCUT2D eigenvalue weighted by atomic mass is 10.3. The Balaban J connectivity index is 1.90. The average Bonchev–Trinajstić information content (AvgIpc) is 3.19.